The molecule has 7 unspecified atom stereocenters. The number of amides is 1. The van der Waals surface area contributed by atoms with Crippen molar-refractivity contribution in [3.05, 3.63) is 60.8 Å². The topological polar surface area (TPSA) is 175 Å². The molecular weight excluding hydrogens is 1030 g/mol. The van der Waals surface area contributed by atoms with Crippen LogP contribution < -0.4 is 5.32 Å². The molecule has 82 heavy (non-hydrogen) atoms. The Morgan fingerprint density at radius 3 is 1.32 bits per heavy atom. The Balaban J connectivity index is 1.95. The van der Waals surface area contributed by atoms with E-state index in [1.165, 1.54) is 225 Å². The van der Waals surface area contributed by atoms with Gasteiger partial charge in [0.15, 0.2) is 6.29 Å². The summed E-state index contributed by atoms with van der Waals surface area (Å²) < 4.78 is 16.7. The summed E-state index contributed by atoms with van der Waals surface area (Å²) in [5.41, 5.74) is 0. The number of unbranched alkanes of at least 4 members (excludes halogenated alkanes) is 38. The Bertz CT molecular complexity index is 1550. The van der Waals surface area contributed by atoms with E-state index in [0.29, 0.717) is 19.4 Å². The molecule has 1 rings (SSSR count). The highest BCUT2D eigenvalue weighted by Gasteiger charge is 2.44. The van der Waals surface area contributed by atoms with Gasteiger partial charge in [0.2, 0.25) is 5.91 Å². The molecule has 11 heteroatoms. The first-order valence-electron chi connectivity index (χ1n) is 34.6. The molecule has 1 heterocycles. The number of carbonyl (C=O) groups is 2. The van der Waals surface area contributed by atoms with Crippen molar-refractivity contribution in [1.29, 1.82) is 0 Å². The van der Waals surface area contributed by atoms with Gasteiger partial charge in [-0.25, -0.2) is 0 Å². The Hall–Kier alpha value is -2.64. The molecule has 0 aliphatic carbocycles. The average Bonchev–Trinajstić information content (AvgIpc) is 3.68. The van der Waals surface area contributed by atoms with Crippen LogP contribution in [0, 0.1) is 0 Å². The number of aliphatic hydroxyl groups excluding tert-OH is 5. The van der Waals surface area contributed by atoms with E-state index in [9.17, 15) is 35.1 Å². The number of esters is 1. The second-order valence-electron chi connectivity index (χ2n) is 23.9. The number of ether oxygens (including phenoxy) is 3. The lowest BCUT2D eigenvalue weighted by Gasteiger charge is -2.40. The van der Waals surface area contributed by atoms with Gasteiger partial charge in [-0.1, -0.05) is 267 Å². The molecule has 1 aliphatic rings. The Labute approximate surface area is 503 Å². The van der Waals surface area contributed by atoms with Crippen LogP contribution in [0.3, 0.4) is 0 Å². The zero-order chi connectivity index (χ0) is 59.5. The van der Waals surface area contributed by atoms with Crippen molar-refractivity contribution in [3.8, 4) is 0 Å². The summed E-state index contributed by atoms with van der Waals surface area (Å²) >= 11 is 0. The minimum atomic E-state index is -1.58. The first-order valence-corrected chi connectivity index (χ1v) is 34.6. The van der Waals surface area contributed by atoms with Crippen molar-refractivity contribution >= 4 is 11.9 Å². The predicted molar refractivity (Wildman–Crippen MR) is 343 cm³/mol. The summed E-state index contributed by atoms with van der Waals surface area (Å²) in [6.45, 7) is 4.27. The molecule has 11 nitrogen and oxygen atoms in total. The van der Waals surface area contributed by atoms with Gasteiger partial charge in [0.1, 0.15) is 24.4 Å². The van der Waals surface area contributed by atoms with E-state index in [1.807, 2.05) is 6.08 Å². The third kappa shape index (κ3) is 48.6. The molecule has 0 bridgehead atoms. The summed E-state index contributed by atoms with van der Waals surface area (Å²) in [5, 5.41) is 54.3. The summed E-state index contributed by atoms with van der Waals surface area (Å²) in [6, 6.07) is -0.826. The van der Waals surface area contributed by atoms with Crippen LogP contribution in [0.4, 0.5) is 0 Å². The highest BCUT2D eigenvalue weighted by Crippen LogP contribution is 2.23. The first kappa shape index (κ1) is 77.4. The molecule has 0 aromatic heterocycles. The van der Waals surface area contributed by atoms with E-state index < -0.39 is 49.5 Å². The van der Waals surface area contributed by atoms with Crippen LogP contribution in [-0.2, 0) is 23.8 Å². The number of allylic oxidation sites excluding steroid dienone is 9. The quantitative estimate of drug-likeness (QED) is 0.0195. The lowest BCUT2D eigenvalue weighted by atomic mass is 9.99. The van der Waals surface area contributed by atoms with Crippen LogP contribution in [0.5, 0.6) is 0 Å². The maximum absolute atomic E-state index is 13.0. The largest absolute Gasteiger partial charge is 0.466 e. The van der Waals surface area contributed by atoms with Crippen LogP contribution in [0.2, 0.25) is 0 Å². The van der Waals surface area contributed by atoms with E-state index in [4.69, 9.17) is 14.2 Å². The van der Waals surface area contributed by atoms with E-state index in [0.717, 1.165) is 64.2 Å². The van der Waals surface area contributed by atoms with Crippen molar-refractivity contribution in [2.75, 3.05) is 19.8 Å². The fourth-order valence-corrected chi connectivity index (χ4v) is 10.6. The van der Waals surface area contributed by atoms with Crippen molar-refractivity contribution in [3.63, 3.8) is 0 Å². The van der Waals surface area contributed by atoms with Gasteiger partial charge in [0.05, 0.1) is 32.0 Å². The molecule has 478 valence electrons. The molecule has 1 amide bonds. The SMILES string of the molecule is CCCC/C=C\CCCCCCCC(=O)OCCCCCCCCCCC/C=C\C/C=C\CCCCCCCCCCCCCCCCCCCC(=O)NC(COC1OC(CO)C(O)C(O)C1O)C(O)/C=C/CC/C=C/CCCCCC. The number of hydrogen-bond donors (Lipinski definition) is 6. The van der Waals surface area contributed by atoms with Crippen LogP contribution in [0.25, 0.3) is 0 Å². The standard InChI is InChI=1S/C71H129NO10/c1-3-5-7-9-11-13-38-43-47-51-55-59-67(76)80-60-56-52-48-44-40-37-35-33-31-29-27-25-23-21-19-17-15-16-18-20-22-24-26-28-30-32-34-36-39-42-46-50-54-58-66(75)72-63(62-81-71-70(79)69(78)68(77)65(61-73)82-71)64(74)57-53-49-45-41-14-12-10-8-6-4-2/h9,11,14,19,21,25,27,41,53,57,63-65,68-71,73-74,77-79H,3-8,10,12-13,15-18,20,22-24,26,28-40,42-52,54-56,58-62H2,1-2H3,(H,72,75)/b11-9-,21-19-,27-25-,41-14+,57-53+. The lowest BCUT2D eigenvalue weighted by molar-refractivity contribution is -0.302. The number of rotatable bonds is 60. The van der Waals surface area contributed by atoms with Gasteiger partial charge in [0, 0.05) is 12.8 Å². The minimum absolute atomic E-state index is 0.00487. The van der Waals surface area contributed by atoms with Crippen LogP contribution in [0.15, 0.2) is 60.8 Å². The van der Waals surface area contributed by atoms with Crippen LogP contribution in [0.1, 0.15) is 316 Å². The first-order chi connectivity index (χ1) is 40.2. The van der Waals surface area contributed by atoms with Gasteiger partial charge in [0.25, 0.3) is 0 Å². The van der Waals surface area contributed by atoms with E-state index in [-0.39, 0.29) is 18.5 Å². The fraction of sp³-hybridized carbons (Fsp3) is 0.831. The second kappa shape index (κ2) is 60.1. The molecule has 0 aromatic rings. The summed E-state index contributed by atoms with van der Waals surface area (Å²) in [6.07, 6.45) is 69.4. The fourth-order valence-electron chi connectivity index (χ4n) is 10.6. The Kier molecular flexibility index (Phi) is 56.7. The molecule has 1 saturated heterocycles. The van der Waals surface area contributed by atoms with Gasteiger partial charge in [-0.3, -0.25) is 9.59 Å². The molecular formula is C71H129NO10. The normalized spacial score (nSPS) is 18.5. The van der Waals surface area contributed by atoms with Crippen LogP contribution in [-0.4, -0.2) is 100 Å². The third-order valence-electron chi connectivity index (χ3n) is 16.1. The van der Waals surface area contributed by atoms with Crippen molar-refractivity contribution in [2.45, 2.75) is 358 Å². The number of carbonyl (C=O) groups excluding carboxylic acids is 2. The lowest BCUT2D eigenvalue weighted by Crippen LogP contribution is -2.60. The number of aliphatic hydroxyl groups is 5. The predicted octanol–water partition coefficient (Wildman–Crippen LogP) is 17.3. The van der Waals surface area contributed by atoms with E-state index in [1.54, 1.807) is 6.08 Å². The summed E-state index contributed by atoms with van der Waals surface area (Å²) in [5.74, 6) is -0.196. The van der Waals surface area contributed by atoms with Crippen molar-refractivity contribution in [1.82, 2.24) is 5.32 Å². The Morgan fingerprint density at radius 2 is 0.841 bits per heavy atom. The molecule has 1 aliphatic heterocycles. The van der Waals surface area contributed by atoms with Gasteiger partial charge in [-0.2, -0.15) is 0 Å². The molecule has 1 fully saturated rings. The van der Waals surface area contributed by atoms with Gasteiger partial charge in [-0.15, -0.1) is 0 Å². The molecule has 0 radical (unpaired) electrons. The van der Waals surface area contributed by atoms with Gasteiger partial charge in [-0.05, 0) is 96.3 Å². The molecule has 6 N–H and O–H groups in total. The number of nitrogens with one attached hydrogen (secondary N) is 1. The average molecular weight is 1160 g/mol. The monoisotopic (exact) mass is 1160 g/mol. The van der Waals surface area contributed by atoms with E-state index >= 15 is 0 Å². The Morgan fingerprint density at radius 1 is 0.451 bits per heavy atom. The zero-order valence-corrected chi connectivity index (χ0v) is 52.9. The molecule has 7 atom stereocenters. The van der Waals surface area contributed by atoms with Crippen LogP contribution >= 0.6 is 0 Å². The highest BCUT2D eigenvalue weighted by atomic mass is 16.7. The van der Waals surface area contributed by atoms with Gasteiger partial charge < -0.3 is 45.1 Å². The van der Waals surface area contributed by atoms with E-state index in [2.05, 4.69) is 67.8 Å². The van der Waals surface area contributed by atoms with Crippen molar-refractivity contribution < 1.29 is 49.3 Å². The van der Waals surface area contributed by atoms with Crippen molar-refractivity contribution in [2.24, 2.45) is 0 Å². The highest BCUT2D eigenvalue weighted by molar-refractivity contribution is 5.76. The number of hydrogen-bond acceptors (Lipinski definition) is 10. The summed E-state index contributed by atoms with van der Waals surface area (Å²) in [7, 11) is 0. The zero-order valence-electron chi connectivity index (χ0n) is 52.9. The third-order valence-corrected chi connectivity index (χ3v) is 16.1. The summed E-state index contributed by atoms with van der Waals surface area (Å²) in [4.78, 5) is 25.0. The maximum Gasteiger partial charge on any atom is 0.305 e. The molecule has 0 aromatic carbocycles. The maximum atomic E-state index is 13.0. The minimum Gasteiger partial charge on any atom is -0.466 e. The molecule has 0 spiro atoms. The smallest absolute Gasteiger partial charge is 0.305 e. The second-order valence-corrected chi connectivity index (χ2v) is 23.9. The van der Waals surface area contributed by atoms with Gasteiger partial charge >= 0.3 is 5.97 Å². The molecule has 0 saturated carbocycles.